The van der Waals surface area contributed by atoms with Crippen molar-refractivity contribution in [3.05, 3.63) is 24.3 Å². The van der Waals surface area contributed by atoms with Crippen LogP contribution in [0.4, 0.5) is 10.5 Å². The van der Waals surface area contributed by atoms with Crippen LogP contribution in [-0.4, -0.2) is 63.9 Å². The molecule has 0 unspecified atom stereocenters. The van der Waals surface area contributed by atoms with E-state index in [-0.39, 0.29) is 17.0 Å². The maximum Gasteiger partial charge on any atom is 0.319 e. The number of urea groups is 1. The summed E-state index contributed by atoms with van der Waals surface area (Å²) >= 11 is 0. The second kappa shape index (κ2) is 7.29. The third-order valence-corrected chi connectivity index (χ3v) is 5.62. The van der Waals surface area contributed by atoms with E-state index in [1.807, 2.05) is 19.0 Å². The van der Waals surface area contributed by atoms with Crippen molar-refractivity contribution in [1.82, 2.24) is 14.5 Å². The van der Waals surface area contributed by atoms with Gasteiger partial charge < -0.3 is 15.5 Å². The summed E-state index contributed by atoms with van der Waals surface area (Å²) in [6, 6.07) is 6.05. The van der Waals surface area contributed by atoms with Gasteiger partial charge in [-0.2, -0.15) is 4.31 Å². The van der Waals surface area contributed by atoms with Crippen molar-refractivity contribution >= 4 is 21.7 Å². The lowest BCUT2D eigenvalue weighted by Gasteiger charge is -2.16. The second-order valence-electron chi connectivity index (χ2n) is 5.96. The summed E-state index contributed by atoms with van der Waals surface area (Å²) in [4.78, 5) is 13.9. The van der Waals surface area contributed by atoms with Crippen molar-refractivity contribution in [2.75, 3.05) is 39.5 Å². The minimum atomic E-state index is -3.45. The molecule has 1 aromatic carbocycles. The molecule has 2 N–H and O–H groups in total. The van der Waals surface area contributed by atoms with E-state index in [1.165, 1.54) is 16.4 Å². The number of carbonyl (C=O) groups is 1. The van der Waals surface area contributed by atoms with E-state index in [1.54, 1.807) is 19.2 Å². The highest BCUT2D eigenvalue weighted by atomic mass is 32.2. The lowest BCUT2D eigenvalue weighted by molar-refractivity contribution is 0.250. The Morgan fingerprint density at radius 1 is 1.17 bits per heavy atom. The molecule has 0 heterocycles. The molecule has 128 valence electrons. The van der Waals surface area contributed by atoms with Crippen LogP contribution in [0.2, 0.25) is 0 Å². The molecule has 0 spiro atoms. The number of benzene rings is 1. The maximum atomic E-state index is 12.4. The average Bonchev–Trinajstić information content (AvgIpc) is 3.31. The van der Waals surface area contributed by atoms with Gasteiger partial charge in [-0.3, -0.25) is 0 Å². The summed E-state index contributed by atoms with van der Waals surface area (Å²) in [7, 11) is 2.02. The molecule has 2 rings (SSSR count). The zero-order chi connectivity index (χ0) is 17.0. The molecule has 7 nitrogen and oxygen atoms in total. The molecule has 1 aromatic rings. The summed E-state index contributed by atoms with van der Waals surface area (Å²) in [5.74, 6) is 0. The van der Waals surface area contributed by atoms with Crippen molar-refractivity contribution in [3.63, 3.8) is 0 Å². The van der Waals surface area contributed by atoms with Gasteiger partial charge in [0.2, 0.25) is 10.0 Å². The number of hydrogen-bond acceptors (Lipinski definition) is 4. The van der Waals surface area contributed by atoms with E-state index < -0.39 is 10.0 Å². The molecule has 2 amide bonds. The van der Waals surface area contributed by atoms with E-state index in [9.17, 15) is 13.2 Å². The van der Waals surface area contributed by atoms with E-state index in [0.29, 0.717) is 12.2 Å². The van der Waals surface area contributed by atoms with Crippen molar-refractivity contribution in [1.29, 1.82) is 0 Å². The number of nitrogens with zero attached hydrogens (tertiary/aromatic N) is 2. The van der Waals surface area contributed by atoms with Crippen LogP contribution in [0.5, 0.6) is 0 Å². The van der Waals surface area contributed by atoms with Crippen LogP contribution in [0.15, 0.2) is 29.2 Å². The summed E-state index contributed by atoms with van der Waals surface area (Å²) < 4.78 is 26.2. The first-order valence-electron chi connectivity index (χ1n) is 7.58. The Balaban J connectivity index is 1.93. The fourth-order valence-electron chi connectivity index (χ4n) is 2.08. The molecule has 23 heavy (non-hydrogen) atoms. The fraction of sp³-hybridized carbons (Fsp3) is 0.533. The third-order valence-electron chi connectivity index (χ3n) is 3.69. The monoisotopic (exact) mass is 340 g/mol. The highest BCUT2D eigenvalue weighted by Crippen LogP contribution is 2.30. The summed E-state index contributed by atoms with van der Waals surface area (Å²) in [5, 5.41) is 5.41. The first-order chi connectivity index (χ1) is 10.8. The Bertz CT molecular complexity index is 639. The molecule has 8 heteroatoms. The molecule has 0 saturated heterocycles. The first kappa shape index (κ1) is 17.7. The van der Waals surface area contributed by atoms with Crippen LogP contribution < -0.4 is 10.6 Å². The van der Waals surface area contributed by atoms with Crippen LogP contribution in [0.25, 0.3) is 0 Å². The molecule has 1 fully saturated rings. The van der Waals surface area contributed by atoms with E-state index >= 15 is 0 Å². The Kier molecular flexibility index (Phi) is 5.61. The number of anilines is 1. The summed E-state index contributed by atoms with van der Waals surface area (Å²) in [6.45, 7) is 1.29. The molecule has 0 atom stereocenters. The number of hydrogen-bond donors (Lipinski definition) is 2. The van der Waals surface area contributed by atoms with Gasteiger partial charge in [-0.05, 0) is 51.2 Å². The van der Waals surface area contributed by atoms with Crippen molar-refractivity contribution in [3.8, 4) is 0 Å². The summed E-state index contributed by atoms with van der Waals surface area (Å²) in [6.07, 6.45) is 1.84. The molecule has 1 aliphatic carbocycles. The average molecular weight is 340 g/mol. The highest BCUT2D eigenvalue weighted by Gasteiger charge is 2.34. The van der Waals surface area contributed by atoms with Gasteiger partial charge in [-0.1, -0.05) is 0 Å². The van der Waals surface area contributed by atoms with E-state index in [4.69, 9.17) is 0 Å². The number of nitrogens with one attached hydrogen (secondary N) is 2. The minimum absolute atomic E-state index is 0.125. The van der Waals surface area contributed by atoms with E-state index in [0.717, 1.165) is 19.4 Å². The van der Waals surface area contributed by atoms with Crippen LogP contribution in [0.3, 0.4) is 0 Å². The number of sulfonamides is 1. The lowest BCUT2D eigenvalue weighted by atomic mass is 10.3. The Labute approximate surface area is 137 Å². The van der Waals surface area contributed by atoms with Crippen LogP contribution in [-0.2, 0) is 10.0 Å². The van der Waals surface area contributed by atoms with E-state index in [2.05, 4.69) is 10.6 Å². The maximum absolute atomic E-state index is 12.4. The molecule has 1 saturated carbocycles. The summed E-state index contributed by atoms with van der Waals surface area (Å²) in [5.41, 5.74) is 0.556. The van der Waals surface area contributed by atoms with Crippen molar-refractivity contribution < 1.29 is 13.2 Å². The van der Waals surface area contributed by atoms with Crippen LogP contribution >= 0.6 is 0 Å². The fourth-order valence-corrected chi connectivity index (χ4v) is 3.50. The third kappa shape index (κ3) is 4.92. The van der Waals surface area contributed by atoms with Gasteiger partial charge in [0.1, 0.15) is 0 Å². The van der Waals surface area contributed by atoms with Gasteiger partial charge in [-0.15, -0.1) is 0 Å². The van der Waals surface area contributed by atoms with Crippen LogP contribution in [0.1, 0.15) is 12.8 Å². The predicted molar refractivity (Wildman–Crippen MR) is 90.0 cm³/mol. The zero-order valence-electron chi connectivity index (χ0n) is 13.7. The number of carbonyl (C=O) groups excluding carboxylic acids is 1. The Morgan fingerprint density at radius 3 is 2.30 bits per heavy atom. The molecule has 0 aromatic heterocycles. The number of amides is 2. The van der Waals surface area contributed by atoms with Gasteiger partial charge in [0.25, 0.3) is 0 Å². The molecule has 1 aliphatic rings. The number of rotatable bonds is 7. The minimum Gasteiger partial charge on any atom is -0.337 e. The second-order valence-corrected chi connectivity index (χ2v) is 7.96. The van der Waals surface area contributed by atoms with Gasteiger partial charge in [0, 0.05) is 31.9 Å². The molecular formula is C15H24N4O3S. The van der Waals surface area contributed by atoms with Crippen molar-refractivity contribution in [2.24, 2.45) is 0 Å². The normalized spacial score (nSPS) is 15.0. The Hall–Kier alpha value is -1.64. The zero-order valence-corrected chi connectivity index (χ0v) is 14.6. The van der Waals surface area contributed by atoms with Crippen molar-refractivity contribution in [2.45, 2.75) is 23.8 Å². The Morgan fingerprint density at radius 2 is 1.78 bits per heavy atom. The van der Waals surface area contributed by atoms with Gasteiger partial charge in [0.05, 0.1) is 4.90 Å². The van der Waals surface area contributed by atoms with Gasteiger partial charge in [-0.25, -0.2) is 13.2 Å². The molecule has 0 radical (unpaired) electrons. The standard InChI is InChI=1S/C15H24N4O3S/c1-18(2)11-10-16-15(20)17-12-4-8-14(9-5-12)23(21,22)19(3)13-6-7-13/h4-5,8-9,13H,6-7,10-11H2,1-3H3,(H2,16,17,20). The SMILES string of the molecule is CN(C)CCNC(=O)Nc1ccc(S(=O)(=O)N(C)C2CC2)cc1. The lowest BCUT2D eigenvalue weighted by Crippen LogP contribution is -2.34. The van der Waals surface area contributed by atoms with Crippen LogP contribution in [0, 0.1) is 0 Å². The molecule has 0 aliphatic heterocycles. The topological polar surface area (TPSA) is 81.8 Å². The molecular weight excluding hydrogens is 316 g/mol. The molecule has 0 bridgehead atoms. The predicted octanol–water partition coefficient (Wildman–Crippen LogP) is 1.15. The largest absolute Gasteiger partial charge is 0.337 e. The number of likely N-dealkylation sites (N-methyl/N-ethyl adjacent to an activating group) is 1. The quantitative estimate of drug-likeness (QED) is 0.780. The smallest absolute Gasteiger partial charge is 0.319 e. The highest BCUT2D eigenvalue weighted by molar-refractivity contribution is 7.89. The van der Waals surface area contributed by atoms with Gasteiger partial charge >= 0.3 is 6.03 Å². The first-order valence-corrected chi connectivity index (χ1v) is 9.02. The van der Waals surface area contributed by atoms with Gasteiger partial charge in [0.15, 0.2) is 0 Å².